The Balaban J connectivity index is 3.46. The smallest absolute Gasteiger partial charge is 0.166 e. The first kappa shape index (κ1) is 12.5. The molecule has 0 bridgehead atoms. The van der Waals surface area contributed by atoms with Gasteiger partial charge in [-0.05, 0) is 17.7 Å². The lowest BCUT2D eigenvalue weighted by Gasteiger charge is -2.14. The second-order valence-electron chi connectivity index (χ2n) is 2.51. The largest absolute Gasteiger partial charge is 0.417 e. The maximum atomic E-state index is 12.6. The summed E-state index contributed by atoms with van der Waals surface area (Å²) in [6.07, 6.45) is -4.34. The van der Waals surface area contributed by atoms with Crippen molar-refractivity contribution in [3.8, 4) is 0 Å². The summed E-state index contributed by atoms with van der Waals surface area (Å²) >= 11 is 9.01. The predicted octanol–water partition coefficient (Wildman–Crippen LogP) is 5.13. The van der Waals surface area contributed by atoms with E-state index in [1.54, 1.807) is 6.07 Å². The molecule has 0 radical (unpaired) electrons. The third-order valence-corrected chi connectivity index (χ3v) is 3.59. The summed E-state index contributed by atoms with van der Waals surface area (Å²) in [5, 5.41) is 0.155. The lowest BCUT2D eigenvalue weighted by molar-refractivity contribution is -0.138. The van der Waals surface area contributed by atoms with Gasteiger partial charge >= 0.3 is 6.18 Å². The van der Waals surface area contributed by atoms with E-state index in [0.29, 0.717) is 4.47 Å². The van der Waals surface area contributed by atoms with Crippen LogP contribution in [-0.2, 0) is 11.5 Å². The number of rotatable bonds is 1. The van der Waals surface area contributed by atoms with Gasteiger partial charge in [0.05, 0.1) is 5.56 Å². The van der Waals surface area contributed by atoms with Crippen molar-refractivity contribution >= 4 is 47.8 Å². The third kappa shape index (κ3) is 2.52. The average Bonchev–Trinajstić information content (AvgIpc) is 2.06. The van der Waals surface area contributed by atoms with Crippen LogP contribution < -0.4 is 0 Å². The quantitative estimate of drug-likeness (QED) is 0.578. The van der Waals surface area contributed by atoms with E-state index in [-0.39, 0.29) is 15.4 Å². The molecule has 0 aliphatic rings. The number of halogens is 6. The van der Waals surface area contributed by atoms with Crippen LogP contribution in [0.1, 0.15) is 11.1 Å². The van der Waals surface area contributed by atoms with E-state index in [1.807, 2.05) is 0 Å². The molecule has 0 aromatic heterocycles. The van der Waals surface area contributed by atoms with Gasteiger partial charge in [-0.25, -0.2) is 0 Å². The number of hydrogen-bond donors (Lipinski definition) is 0. The minimum absolute atomic E-state index is 0.0580. The zero-order valence-electron chi connectivity index (χ0n) is 6.63. The molecule has 0 aliphatic carbocycles. The SMILES string of the molecule is FC(F)(F)c1c(Br)ccc(Br)c1CBr. The highest BCUT2D eigenvalue weighted by Crippen LogP contribution is 2.40. The zero-order chi connectivity index (χ0) is 10.9. The monoisotopic (exact) mass is 394 g/mol. The van der Waals surface area contributed by atoms with Crippen LogP contribution in [0.2, 0.25) is 0 Å². The summed E-state index contributed by atoms with van der Waals surface area (Å²) in [5.74, 6) is 0. The Labute approximate surface area is 104 Å². The van der Waals surface area contributed by atoms with Crippen molar-refractivity contribution in [2.45, 2.75) is 11.5 Å². The molecule has 0 saturated heterocycles. The molecule has 6 heteroatoms. The Morgan fingerprint density at radius 2 is 1.57 bits per heavy atom. The summed E-state index contributed by atoms with van der Waals surface area (Å²) in [4.78, 5) is 0. The van der Waals surface area contributed by atoms with Crippen LogP contribution in [0.3, 0.4) is 0 Å². The highest BCUT2D eigenvalue weighted by atomic mass is 79.9. The Hall–Kier alpha value is 0.450. The molecule has 0 aliphatic heterocycles. The fourth-order valence-electron chi connectivity index (χ4n) is 1.03. The lowest BCUT2D eigenvalue weighted by Crippen LogP contribution is -2.10. The van der Waals surface area contributed by atoms with E-state index < -0.39 is 11.7 Å². The van der Waals surface area contributed by atoms with Gasteiger partial charge in [0.15, 0.2) is 0 Å². The molecular formula is C8H4Br3F3. The first-order valence-corrected chi connectivity index (χ1v) is 6.18. The second-order valence-corrected chi connectivity index (χ2v) is 4.78. The molecule has 0 atom stereocenters. The van der Waals surface area contributed by atoms with Gasteiger partial charge in [0.1, 0.15) is 0 Å². The van der Waals surface area contributed by atoms with Crippen LogP contribution in [0.25, 0.3) is 0 Å². The van der Waals surface area contributed by atoms with Crippen molar-refractivity contribution in [1.82, 2.24) is 0 Å². The van der Waals surface area contributed by atoms with E-state index in [4.69, 9.17) is 0 Å². The standard InChI is InChI=1S/C8H4Br3F3/c9-3-4-5(10)1-2-6(11)7(4)8(12,13)14/h1-2H,3H2. The van der Waals surface area contributed by atoms with Crippen molar-refractivity contribution < 1.29 is 13.2 Å². The summed E-state index contributed by atoms with van der Waals surface area (Å²) in [5.41, 5.74) is -0.435. The maximum absolute atomic E-state index is 12.6. The molecule has 14 heavy (non-hydrogen) atoms. The first-order chi connectivity index (χ1) is 6.38. The van der Waals surface area contributed by atoms with Crippen molar-refractivity contribution in [3.63, 3.8) is 0 Å². The minimum Gasteiger partial charge on any atom is -0.166 e. The maximum Gasteiger partial charge on any atom is 0.417 e. The van der Waals surface area contributed by atoms with Crippen molar-refractivity contribution in [3.05, 3.63) is 32.2 Å². The molecule has 0 spiro atoms. The Morgan fingerprint density at radius 1 is 1.07 bits per heavy atom. The van der Waals surface area contributed by atoms with Gasteiger partial charge in [-0.15, -0.1) is 0 Å². The summed E-state index contributed by atoms with van der Waals surface area (Å²) in [6, 6.07) is 2.95. The number of benzene rings is 1. The van der Waals surface area contributed by atoms with Gasteiger partial charge < -0.3 is 0 Å². The summed E-state index contributed by atoms with van der Waals surface area (Å²) in [7, 11) is 0. The van der Waals surface area contributed by atoms with E-state index in [1.165, 1.54) is 6.07 Å². The Kier molecular flexibility index (Phi) is 4.05. The molecule has 0 heterocycles. The third-order valence-electron chi connectivity index (χ3n) is 1.62. The molecule has 1 rings (SSSR count). The molecule has 1 aromatic rings. The molecule has 0 nitrogen and oxygen atoms in total. The van der Waals surface area contributed by atoms with Crippen LogP contribution in [0.15, 0.2) is 21.1 Å². The number of hydrogen-bond acceptors (Lipinski definition) is 0. The fraction of sp³-hybridized carbons (Fsp3) is 0.250. The zero-order valence-corrected chi connectivity index (χ0v) is 11.4. The summed E-state index contributed by atoms with van der Waals surface area (Å²) < 4.78 is 38.3. The molecule has 1 aromatic carbocycles. The van der Waals surface area contributed by atoms with Gasteiger partial charge in [-0.3, -0.25) is 0 Å². The van der Waals surface area contributed by atoms with Gasteiger partial charge in [0.2, 0.25) is 0 Å². The predicted molar refractivity (Wildman–Crippen MR) is 59.5 cm³/mol. The lowest BCUT2D eigenvalue weighted by atomic mass is 10.1. The molecule has 0 N–H and O–H groups in total. The van der Waals surface area contributed by atoms with Gasteiger partial charge in [0, 0.05) is 14.3 Å². The minimum atomic E-state index is -4.34. The fourth-order valence-corrected chi connectivity index (χ4v) is 3.06. The highest BCUT2D eigenvalue weighted by Gasteiger charge is 2.36. The normalized spacial score (nSPS) is 11.9. The van der Waals surface area contributed by atoms with Crippen molar-refractivity contribution in [2.75, 3.05) is 0 Å². The van der Waals surface area contributed by atoms with Crippen molar-refractivity contribution in [2.24, 2.45) is 0 Å². The van der Waals surface area contributed by atoms with Crippen LogP contribution in [0.4, 0.5) is 13.2 Å². The van der Waals surface area contributed by atoms with Crippen LogP contribution >= 0.6 is 47.8 Å². The first-order valence-electron chi connectivity index (χ1n) is 3.48. The van der Waals surface area contributed by atoms with Gasteiger partial charge in [0.25, 0.3) is 0 Å². The van der Waals surface area contributed by atoms with Gasteiger partial charge in [-0.2, -0.15) is 13.2 Å². The van der Waals surface area contributed by atoms with Crippen LogP contribution in [0.5, 0.6) is 0 Å². The van der Waals surface area contributed by atoms with E-state index in [0.717, 1.165) is 0 Å². The molecule has 0 fully saturated rings. The molecule has 0 saturated carbocycles. The van der Waals surface area contributed by atoms with Crippen molar-refractivity contribution in [1.29, 1.82) is 0 Å². The summed E-state index contributed by atoms with van der Waals surface area (Å²) in [6.45, 7) is 0. The van der Waals surface area contributed by atoms with E-state index >= 15 is 0 Å². The average molecular weight is 397 g/mol. The second kappa shape index (κ2) is 4.53. The van der Waals surface area contributed by atoms with E-state index in [9.17, 15) is 13.2 Å². The number of alkyl halides is 4. The van der Waals surface area contributed by atoms with Gasteiger partial charge in [-0.1, -0.05) is 47.8 Å². The highest BCUT2D eigenvalue weighted by molar-refractivity contribution is 9.11. The Morgan fingerprint density at radius 3 is 1.93 bits per heavy atom. The van der Waals surface area contributed by atoms with Crippen LogP contribution in [0, 0.1) is 0 Å². The molecule has 0 unspecified atom stereocenters. The molecule has 0 amide bonds. The topological polar surface area (TPSA) is 0 Å². The van der Waals surface area contributed by atoms with Crippen LogP contribution in [-0.4, -0.2) is 0 Å². The molecular weight excluding hydrogens is 393 g/mol. The molecule has 78 valence electrons. The van der Waals surface area contributed by atoms with E-state index in [2.05, 4.69) is 47.8 Å². The Bertz CT molecular complexity index is 346.